The largest absolute Gasteiger partial charge is 0.464 e. The van der Waals surface area contributed by atoms with E-state index in [0.717, 1.165) is 11.4 Å². The van der Waals surface area contributed by atoms with Gasteiger partial charge in [-0.1, -0.05) is 0 Å². The second kappa shape index (κ2) is 6.01. The van der Waals surface area contributed by atoms with Gasteiger partial charge in [0.1, 0.15) is 11.8 Å². The number of carbonyl (C=O) groups is 1. The van der Waals surface area contributed by atoms with Crippen molar-refractivity contribution in [3.63, 3.8) is 0 Å². The molecule has 0 bridgehead atoms. The Balaban J connectivity index is 2.39. The molecule has 0 amide bonds. The van der Waals surface area contributed by atoms with Crippen molar-refractivity contribution >= 4 is 17.6 Å². The number of nitriles is 1. The van der Waals surface area contributed by atoms with Crippen LogP contribution >= 0.6 is 0 Å². The van der Waals surface area contributed by atoms with E-state index in [1.165, 1.54) is 7.11 Å². The van der Waals surface area contributed by atoms with E-state index in [4.69, 9.17) is 0 Å². The van der Waals surface area contributed by atoms with Crippen LogP contribution < -0.4 is 0 Å². The van der Waals surface area contributed by atoms with Crippen LogP contribution in [0.25, 0.3) is 11.6 Å². The molecular weight excluding hydrogens is 268 g/mol. The first-order valence-corrected chi connectivity index (χ1v) is 6.24. The summed E-state index contributed by atoms with van der Waals surface area (Å²) in [4.78, 5) is 22.7. The monoisotopic (exact) mass is 282 g/mol. The minimum Gasteiger partial charge on any atom is -0.464 e. The first kappa shape index (κ1) is 14.5. The number of hydrogen-bond donors (Lipinski definition) is 1. The van der Waals surface area contributed by atoms with Crippen molar-refractivity contribution in [2.75, 3.05) is 7.11 Å². The number of aryl methyl sites for hydroxylation is 2. The molecule has 2 aromatic heterocycles. The Morgan fingerprint density at radius 3 is 2.57 bits per heavy atom. The lowest BCUT2D eigenvalue weighted by Crippen LogP contribution is -2.00. The second-order valence-electron chi connectivity index (χ2n) is 4.48. The Hall–Kier alpha value is -2.94. The molecular formula is C15H14N4O2. The molecule has 0 saturated heterocycles. The standard InChI is InChI=1S/C15H14N4O2/c1-9-4-10(2)19-14(18-9)12(7-16)5-11-6-13(17-8-11)15(20)21-3/h4-6,8,17H,1-3H3/b12-5-. The number of methoxy groups -OCH3 is 1. The van der Waals surface area contributed by atoms with Crippen LogP contribution in [0.15, 0.2) is 18.3 Å². The molecule has 2 aromatic rings. The quantitative estimate of drug-likeness (QED) is 0.688. The van der Waals surface area contributed by atoms with Crippen LogP contribution in [-0.2, 0) is 4.74 Å². The van der Waals surface area contributed by atoms with Gasteiger partial charge in [-0.15, -0.1) is 0 Å². The predicted octanol–water partition coefficient (Wildman–Crippen LogP) is 2.27. The SMILES string of the molecule is COC(=O)c1cc(/C=C(/C#N)c2nc(C)cc(C)n2)c[nH]1. The molecule has 0 atom stereocenters. The highest BCUT2D eigenvalue weighted by molar-refractivity contribution is 5.91. The lowest BCUT2D eigenvalue weighted by molar-refractivity contribution is 0.0595. The maximum absolute atomic E-state index is 11.4. The number of nitrogens with zero attached hydrogens (tertiary/aromatic N) is 3. The average molecular weight is 282 g/mol. The summed E-state index contributed by atoms with van der Waals surface area (Å²) in [5, 5.41) is 9.28. The lowest BCUT2D eigenvalue weighted by Gasteiger charge is -2.01. The minimum absolute atomic E-state index is 0.322. The zero-order valence-corrected chi connectivity index (χ0v) is 12.0. The summed E-state index contributed by atoms with van der Waals surface area (Å²) >= 11 is 0. The fraction of sp³-hybridized carbons (Fsp3) is 0.200. The molecule has 0 aliphatic carbocycles. The second-order valence-corrected chi connectivity index (χ2v) is 4.48. The number of carbonyl (C=O) groups excluding carboxylic acids is 1. The van der Waals surface area contributed by atoms with Crippen molar-refractivity contribution in [1.82, 2.24) is 15.0 Å². The van der Waals surface area contributed by atoms with Crippen LogP contribution in [-0.4, -0.2) is 28.0 Å². The van der Waals surface area contributed by atoms with Crippen molar-refractivity contribution in [2.24, 2.45) is 0 Å². The van der Waals surface area contributed by atoms with E-state index in [0.29, 0.717) is 22.7 Å². The van der Waals surface area contributed by atoms with Gasteiger partial charge >= 0.3 is 5.97 Å². The molecule has 106 valence electrons. The summed E-state index contributed by atoms with van der Waals surface area (Å²) in [6.07, 6.45) is 3.24. The number of rotatable bonds is 3. The van der Waals surface area contributed by atoms with Gasteiger partial charge in [0.15, 0.2) is 5.82 Å². The molecule has 0 radical (unpaired) electrons. The van der Waals surface area contributed by atoms with Gasteiger partial charge in [0.05, 0.1) is 12.7 Å². The van der Waals surface area contributed by atoms with Crippen molar-refractivity contribution in [3.8, 4) is 6.07 Å². The first-order valence-electron chi connectivity index (χ1n) is 6.24. The normalized spacial score (nSPS) is 11.0. The van der Waals surface area contributed by atoms with Crippen LogP contribution in [0.5, 0.6) is 0 Å². The third kappa shape index (κ3) is 3.34. The summed E-state index contributed by atoms with van der Waals surface area (Å²) < 4.78 is 4.62. The third-order valence-electron chi connectivity index (χ3n) is 2.77. The number of aromatic nitrogens is 3. The summed E-state index contributed by atoms with van der Waals surface area (Å²) in [6, 6.07) is 5.52. The molecule has 0 fully saturated rings. The first-order chi connectivity index (χ1) is 10.0. The highest BCUT2D eigenvalue weighted by Gasteiger charge is 2.10. The minimum atomic E-state index is -0.462. The van der Waals surface area contributed by atoms with Gasteiger partial charge < -0.3 is 9.72 Å². The van der Waals surface area contributed by atoms with Crippen LogP contribution in [0.4, 0.5) is 0 Å². The number of H-pyrrole nitrogens is 1. The van der Waals surface area contributed by atoms with Gasteiger partial charge in [0.25, 0.3) is 0 Å². The maximum Gasteiger partial charge on any atom is 0.354 e. The Kier molecular flexibility index (Phi) is 4.14. The van der Waals surface area contributed by atoms with Gasteiger partial charge in [0.2, 0.25) is 0 Å². The Morgan fingerprint density at radius 1 is 1.33 bits per heavy atom. The Bertz CT molecular complexity index is 733. The zero-order chi connectivity index (χ0) is 15.4. The Morgan fingerprint density at radius 2 is 2.00 bits per heavy atom. The van der Waals surface area contributed by atoms with E-state index in [1.54, 1.807) is 18.3 Å². The number of ether oxygens (including phenoxy) is 1. The van der Waals surface area contributed by atoms with E-state index < -0.39 is 5.97 Å². The summed E-state index contributed by atoms with van der Waals surface area (Å²) in [6.45, 7) is 3.69. The lowest BCUT2D eigenvalue weighted by atomic mass is 10.1. The van der Waals surface area contributed by atoms with E-state index in [9.17, 15) is 10.1 Å². The smallest absolute Gasteiger partial charge is 0.354 e. The van der Waals surface area contributed by atoms with Gasteiger partial charge in [-0.2, -0.15) is 5.26 Å². The molecule has 0 unspecified atom stereocenters. The van der Waals surface area contributed by atoms with Gasteiger partial charge in [-0.25, -0.2) is 14.8 Å². The molecule has 0 aromatic carbocycles. The molecule has 6 heteroatoms. The number of allylic oxidation sites excluding steroid dienone is 1. The summed E-state index contributed by atoms with van der Waals surface area (Å²) in [5.74, 6) is -0.0911. The Labute approximate surface area is 122 Å². The number of hydrogen-bond acceptors (Lipinski definition) is 5. The maximum atomic E-state index is 11.4. The predicted molar refractivity (Wildman–Crippen MR) is 77.1 cm³/mol. The fourth-order valence-corrected chi connectivity index (χ4v) is 1.88. The van der Waals surface area contributed by atoms with Gasteiger partial charge in [-0.3, -0.25) is 0 Å². The van der Waals surface area contributed by atoms with E-state index >= 15 is 0 Å². The molecule has 2 heterocycles. The third-order valence-corrected chi connectivity index (χ3v) is 2.77. The molecule has 0 spiro atoms. The van der Waals surface area contributed by atoms with Crippen LogP contribution in [0.1, 0.15) is 33.3 Å². The zero-order valence-electron chi connectivity index (χ0n) is 12.0. The van der Waals surface area contributed by atoms with E-state index in [2.05, 4.69) is 25.8 Å². The highest BCUT2D eigenvalue weighted by Crippen LogP contribution is 2.16. The number of nitrogens with one attached hydrogen (secondary N) is 1. The topological polar surface area (TPSA) is 91.7 Å². The molecule has 0 saturated carbocycles. The molecule has 1 N–H and O–H groups in total. The highest BCUT2D eigenvalue weighted by atomic mass is 16.5. The van der Waals surface area contributed by atoms with E-state index in [-0.39, 0.29) is 0 Å². The molecule has 2 rings (SSSR count). The summed E-state index contributed by atoms with van der Waals surface area (Å²) in [5.41, 5.74) is 2.92. The van der Waals surface area contributed by atoms with Crippen LogP contribution in [0, 0.1) is 25.2 Å². The molecule has 0 aliphatic rings. The van der Waals surface area contributed by atoms with E-state index in [1.807, 2.05) is 19.9 Å². The number of esters is 1. The van der Waals surface area contributed by atoms with Gasteiger partial charge in [0, 0.05) is 17.6 Å². The fourth-order valence-electron chi connectivity index (χ4n) is 1.88. The summed E-state index contributed by atoms with van der Waals surface area (Å²) in [7, 11) is 1.31. The van der Waals surface area contributed by atoms with Crippen LogP contribution in [0.2, 0.25) is 0 Å². The van der Waals surface area contributed by atoms with Crippen LogP contribution in [0.3, 0.4) is 0 Å². The van der Waals surface area contributed by atoms with Crippen molar-refractivity contribution in [2.45, 2.75) is 13.8 Å². The van der Waals surface area contributed by atoms with Crippen molar-refractivity contribution < 1.29 is 9.53 Å². The van der Waals surface area contributed by atoms with Gasteiger partial charge in [-0.05, 0) is 37.6 Å². The molecule has 21 heavy (non-hydrogen) atoms. The number of aromatic amines is 1. The van der Waals surface area contributed by atoms with Crippen molar-refractivity contribution in [1.29, 1.82) is 5.26 Å². The molecule has 0 aliphatic heterocycles. The average Bonchev–Trinajstić information content (AvgIpc) is 2.91. The molecule has 6 nitrogen and oxygen atoms in total. The van der Waals surface area contributed by atoms with Crippen molar-refractivity contribution in [3.05, 3.63) is 46.8 Å².